The van der Waals surface area contributed by atoms with Gasteiger partial charge in [-0.3, -0.25) is 9.78 Å². The second kappa shape index (κ2) is 6.27. The SMILES string of the molecule is Cc1cc(C(=O)N/N=C\c2ccc(O)cc2)c2ccccc2n1. The number of rotatable bonds is 3. The Labute approximate surface area is 133 Å². The van der Waals surface area contributed by atoms with E-state index in [1.54, 1.807) is 30.3 Å². The number of aryl methyl sites for hydroxylation is 1. The molecule has 0 atom stereocenters. The summed E-state index contributed by atoms with van der Waals surface area (Å²) in [5.74, 6) is -0.105. The summed E-state index contributed by atoms with van der Waals surface area (Å²) in [4.78, 5) is 16.8. The van der Waals surface area contributed by atoms with Gasteiger partial charge in [-0.2, -0.15) is 5.10 Å². The summed E-state index contributed by atoms with van der Waals surface area (Å²) in [5, 5.41) is 14.0. The van der Waals surface area contributed by atoms with E-state index in [2.05, 4.69) is 15.5 Å². The van der Waals surface area contributed by atoms with E-state index >= 15 is 0 Å². The molecule has 2 N–H and O–H groups in total. The van der Waals surface area contributed by atoms with Crippen LogP contribution in [-0.2, 0) is 0 Å². The topological polar surface area (TPSA) is 74.6 Å². The standard InChI is InChI=1S/C18H15N3O2/c1-12-10-16(15-4-2-3-5-17(15)20-12)18(23)21-19-11-13-6-8-14(22)9-7-13/h2-11,22H,1H3,(H,21,23)/b19-11-. The zero-order valence-corrected chi connectivity index (χ0v) is 12.5. The van der Waals surface area contributed by atoms with E-state index in [-0.39, 0.29) is 11.7 Å². The fourth-order valence-electron chi connectivity index (χ4n) is 2.28. The summed E-state index contributed by atoms with van der Waals surface area (Å²) >= 11 is 0. The Morgan fingerprint density at radius 1 is 1.17 bits per heavy atom. The smallest absolute Gasteiger partial charge is 0.272 e. The molecular formula is C18H15N3O2. The van der Waals surface area contributed by atoms with Gasteiger partial charge in [0.05, 0.1) is 17.3 Å². The first-order valence-corrected chi connectivity index (χ1v) is 7.12. The van der Waals surface area contributed by atoms with Crippen molar-refractivity contribution in [2.45, 2.75) is 6.92 Å². The Morgan fingerprint density at radius 3 is 2.70 bits per heavy atom. The van der Waals surface area contributed by atoms with Gasteiger partial charge in [0.2, 0.25) is 0 Å². The van der Waals surface area contributed by atoms with E-state index in [1.807, 2.05) is 31.2 Å². The predicted molar refractivity (Wildman–Crippen MR) is 89.6 cm³/mol. The van der Waals surface area contributed by atoms with Crippen molar-refractivity contribution in [1.82, 2.24) is 10.4 Å². The highest BCUT2D eigenvalue weighted by Gasteiger charge is 2.10. The van der Waals surface area contributed by atoms with Crippen molar-refractivity contribution in [2.75, 3.05) is 0 Å². The van der Waals surface area contributed by atoms with Crippen LogP contribution in [0, 0.1) is 6.92 Å². The molecule has 0 saturated heterocycles. The Kier molecular flexibility index (Phi) is 4.01. The van der Waals surface area contributed by atoms with Crippen molar-refractivity contribution in [3.05, 3.63) is 71.4 Å². The van der Waals surface area contributed by atoms with Crippen LogP contribution in [0.1, 0.15) is 21.6 Å². The van der Waals surface area contributed by atoms with Gasteiger partial charge in [-0.25, -0.2) is 5.43 Å². The van der Waals surface area contributed by atoms with Gasteiger partial charge in [-0.05, 0) is 48.9 Å². The molecule has 5 nitrogen and oxygen atoms in total. The van der Waals surface area contributed by atoms with Crippen molar-refractivity contribution in [2.24, 2.45) is 5.10 Å². The molecule has 2 aromatic carbocycles. The number of para-hydroxylation sites is 1. The molecule has 23 heavy (non-hydrogen) atoms. The van der Waals surface area contributed by atoms with E-state index in [1.165, 1.54) is 6.21 Å². The van der Waals surface area contributed by atoms with Gasteiger partial charge in [-0.1, -0.05) is 18.2 Å². The molecule has 0 bridgehead atoms. The minimum absolute atomic E-state index is 0.185. The summed E-state index contributed by atoms with van der Waals surface area (Å²) in [6.45, 7) is 1.85. The first kappa shape index (κ1) is 14.7. The van der Waals surface area contributed by atoms with Crippen LogP contribution < -0.4 is 5.43 Å². The number of amides is 1. The number of benzene rings is 2. The molecule has 1 aromatic heterocycles. The van der Waals surface area contributed by atoms with Gasteiger partial charge in [0.25, 0.3) is 5.91 Å². The van der Waals surface area contributed by atoms with E-state index in [4.69, 9.17) is 0 Å². The van der Waals surface area contributed by atoms with Gasteiger partial charge >= 0.3 is 0 Å². The predicted octanol–water partition coefficient (Wildman–Crippen LogP) is 3.01. The van der Waals surface area contributed by atoms with Gasteiger partial charge in [0.15, 0.2) is 0 Å². The molecule has 1 heterocycles. The maximum atomic E-state index is 12.4. The molecule has 0 aliphatic carbocycles. The molecule has 114 valence electrons. The Bertz CT molecular complexity index is 886. The molecule has 3 aromatic rings. The summed E-state index contributed by atoms with van der Waals surface area (Å²) in [7, 11) is 0. The molecule has 0 aliphatic rings. The molecule has 0 spiro atoms. The van der Waals surface area contributed by atoms with Gasteiger partial charge in [-0.15, -0.1) is 0 Å². The van der Waals surface area contributed by atoms with E-state index in [9.17, 15) is 9.90 Å². The molecule has 1 amide bonds. The van der Waals surface area contributed by atoms with Crippen LogP contribution in [0.5, 0.6) is 5.75 Å². The number of hydrogen-bond donors (Lipinski definition) is 2. The van der Waals surface area contributed by atoms with Crippen molar-refractivity contribution < 1.29 is 9.90 Å². The molecule has 5 heteroatoms. The highest BCUT2D eigenvalue weighted by atomic mass is 16.3. The van der Waals surface area contributed by atoms with E-state index in [0.717, 1.165) is 22.2 Å². The molecule has 3 rings (SSSR count). The van der Waals surface area contributed by atoms with Crippen LogP contribution in [-0.4, -0.2) is 22.2 Å². The number of nitrogens with one attached hydrogen (secondary N) is 1. The maximum Gasteiger partial charge on any atom is 0.272 e. The molecular weight excluding hydrogens is 290 g/mol. The number of carbonyl (C=O) groups excluding carboxylic acids is 1. The molecule has 0 saturated carbocycles. The van der Waals surface area contributed by atoms with Gasteiger partial charge < -0.3 is 5.11 Å². The highest BCUT2D eigenvalue weighted by Crippen LogP contribution is 2.18. The fraction of sp³-hybridized carbons (Fsp3) is 0.0556. The number of hydrazone groups is 1. The fourth-order valence-corrected chi connectivity index (χ4v) is 2.28. The van der Waals surface area contributed by atoms with Crippen LogP contribution in [0.2, 0.25) is 0 Å². The number of phenols is 1. The lowest BCUT2D eigenvalue weighted by atomic mass is 10.1. The monoisotopic (exact) mass is 305 g/mol. The second-order valence-corrected chi connectivity index (χ2v) is 5.12. The number of pyridine rings is 1. The largest absolute Gasteiger partial charge is 0.508 e. The zero-order valence-electron chi connectivity index (χ0n) is 12.5. The Balaban J connectivity index is 1.82. The number of carbonyl (C=O) groups is 1. The minimum atomic E-state index is -0.290. The summed E-state index contributed by atoms with van der Waals surface area (Å²) in [6, 6.07) is 15.8. The lowest BCUT2D eigenvalue weighted by Gasteiger charge is -2.06. The van der Waals surface area contributed by atoms with Gasteiger partial charge in [0.1, 0.15) is 5.75 Å². The number of aromatic hydroxyl groups is 1. The van der Waals surface area contributed by atoms with E-state index < -0.39 is 0 Å². The van der Waals surface area contributed by atoms with E-state index in [0.29, 0.717) is 5.56 Å². The maximum absolute atomic E-state index is 12.4. The number of hydrogen-bond acceptors (Lipinski definition) is 4. The van der Waals surface area contributed by atoms with Crippen LogP contribution >= 0.6 is 0 Å². The number of nitrogens with zero attached hydrogens (tertiary/aromatic N) is 2. The minimum Gasteiger partial charge on any atom is -0.508 e. The van der Waals surface area contributed by atoms with Crippen LogP contribution in [0.15, 0.2) is 59.7 Å². The normalized spacial score (nSPS) is 11.0. The number of aromatic nitrogens is 1. The second-order valence-electron chi connectivity index (χ2n) is 5.12. The summed E-state index contributed by atoms with van der Waals surface area (Å²) < 4.78 is 0. The summed E-state index contributed by atoms with van der Waals surface area (Å²) in [5.41, 5.74) is 5.39. The van der Waals surface area contributed by atoms with Gasteiger partial charge in [0, 0.05) is 11.1 Å². The molecule has 0 unspecified atom stereocenters. The molecule has 0 radical (unpaired) electrons. The van der Waals surface area contributed by atoms with Crippen molar-refractivity contribution in [3.8, 4) is 5.75 Å². The third-order valence-electron chi connectivity index (χ3n) is 3.36. The van der Waals surface area contributed by atoms with Crippen LogP contribution in [0.3, 0.4) is 0 Å². The van der Waals surface area contributed by atoms with Crippen LogP contribution in [0.25, 0.3) is 10.9 Å². The lowest BCUT2D eigenvalue weighted by molar-refractivity contribution is 0.0956. The first-order chi connectivity index (χ1) is 11.1. The average molecular weight is 305 g/mol. The molecule has 0 fully saturated rings. The number of phenolic OH excluding ortho intramolecular Hbond substituents is 1. The third kappa shape index (κ3) is 3.35. The van der Waals surface area contributed by atoms with Crippen molar-refractivity contribution >= 4 is 23.0 Å². The molecule has 0 aliphatic heterocycles. The quantitative estimate of drug-likeness (QED) is 0.577. The highest BCUT2D eigenvalue weighted by molar-refractivity contribution is 6.06. The van der Waals surface area contributed by atoms with Crippen molar-refractivity contribution in [3.63, 3.8) is 0 Å². The Morgan fingerprint density at radius 2 is 1.91 bits per heavy atom. The Hall–Kier alpha value is -3.21. The zero-order chi connectivity index (χ0) is 16.2. The third-order valence-corrected chi connectivity index (χ3v) is 3.36. The lowest BCUT2D eigenvalue weighted by Crippen LogP contribution is -2.18. The summed E-state index contributed by atoms with van der Waals surface area (Å²) in [6.07, 6.45) is 1.52. The van der Waals surface area contributed by atoms with Crippen molar-refractivity contribution in [1.29, 1.82) is 0 Å². The van der Waals surface area contributed by atoms with Crippen LogP contribution in [0.4, 0.5) is 0 Å². The first-order valence-electron chi connectivity index (χ1n) is 7.12. The number of fused-ring (bicyclic) bond motifs is 1. The average Bonchev–Trinajstić information content (AvgIpc) is 2.55.